The van der Waals surface area contributed by atoms with Crippen molar-refractivity contribution in [3.8, 4) is 11.5 Å². The van der Waals surface area contributed by atoms with Crippen LogP contribution >= 0.6 is 0 Å². The number of amides is 1. The van der Waals surface area contributed by atoms with Gasteiger partial charge in [-0.2, -0.15) is 0 Å². The van der Waals surface area contributed by atoms with Crippen molar-refractivity contribution in [1.82, 2.24) is 10.6 Å². The van der Waals surface area contributed by atoms with Gasteiger partial charge in [0.1, 0.15) is 0 Å². The Morgan fingerprint density at radius 3 is 2.50 bits per heavy atom. The van der Waals surface area contributed by atoms with Crippen LogP contribution in [-0.2, 0) is 4.79 Å². The lowest BCUT2D eigenvalue weighted by Crippen LogP contribution is -2.27. The van der Waals surface area contributed by atoms with Gasteiger partial charge < -0.3 is 20.1 Å². The molecule has 124 valence electrons. The molecule has 0 aromatic heterocycles. The molecule has 0 saturated heterocycles. The standard InChI is InChI=1S/C17H28N2O3/c1-5-21-15-10-9-14(12-16(15)22-6-2)13(3)19-17(20)8-7-11-18-4/h9-10,12-13,18H,5-8,11H2,1-4H3,(H,19,20). The van der Waals surface area contributed by atoms with Crippen molar-refractivity contribution < 1.29 is 14.3 Å². The van der Waals surface area contributed by atoms with Crippen molar-refractivity contribution in [2.24, 2.45) is 0 Å². The molecular formula is C17H28N2O3. The second-order valence-corrected chi connectivity index (χ2v) is 5.07. The molecule has 1 unspecified atom stereocenters. The predicted octanol–water partition coefficient (Wildman–Crippen LogP) is 2.66. The van der Waals surface area contributed by atoms with Crippen LogP contribution in [0.25, 0.3) is 0 Å². The highest BCUT2D eigenvalue weighted by Gasteiger charge is 2.13. The molecule has 5 nitrogen and oxygen atoms in total. The summed E-state index contributed by atoms with van der Waals surface area (Å²) in [5.41, 5.74) is 1.01. The molecule has 2 N–H and O–H groups in total. The Morgan fingerprint density at radius 2 is 1.86 bits per heavy atom. The van der Waals surface area contributed by atoms with Gasteiger partial charge in [-0.25, -0.2) is 0 Å². The van der Waals surface area contributed by atoms with Gasteiger partial charge in [0.05, 0.1) is 19.3 Å². The van der Waals surface area contributed by atoms with E-state index >= 15 is 0 Å². The molecular weight excluding hydrogens is 280 g/mol. The van der Waals surface area contributed by atoms with Crippen LogP contribution in [0.1, 0.15) is 45.2 Å². The molecule has 0 radical (unpaired) electrons. The fourth-order valence-corrected chi connectivity index (χ4v) is 2.16. The second-order valence-electron chi connectivity index (χ2n) is 5.07. The first kappa shape index (κ1) is 18.3. The number of hydrogen-bond donors (Lipinski definition) is 2. The number of nitrogens with one attached hydrogen (secondary N) is 2. The van der Waals surface area contributed by atoms with Gasteiger partial charge >= 0.3 is 0 Å². The lowest BCUT2D eigenvalue weighted by atomic mass is 10.1. The Morgan fingerprint density at radius 1 is 1.18 bits per heavy atom. The summed E-state index contributed by atoms with van der Waals surface area (Å²) in [6, 6.07) is 5.74. The van der Waals surface area contributed by atoms with E-state index in [9.17, 15) is 4.79 Å². The van der Waals surface area contributed by atoms with E-state index in [2.05, 4.69) is 10.6 Å². The van der Waals surface area contributed by atoms with Gasteiger partial charge in [0.2, 0.25) is 5.91 Å². The fraction of sp³-hybridized carbons (Fsp3) is 0.588. The Bertz CT molecular complexity index is 463. The minimum absolute atomic E-state index is 0.0584. The summed E-state index contributed by atoms with van der Waals surface area (Å²) in [4.78, 5) is 11.9. The van der Waals surface area contributed by atoms with Crippen LogP contribution in [0.4, 0.5) is 0 Å². The zero-order valence-corrected chi connectivity index (χ0v) is 14.1. The third-order valence-corrected chi connectivity index (χ3v) is 3.28. The van der Waals surface area contributed by atoms with Crippen LogP contribution in [0.5, 0.6) is 11.5 Å². The number of carbonyl (C=O) groups excluding carboxylic acids is 1. The first-order chi connectivity index (χ1) is 10.6. The largest absolute Gasteiger partial charge is 0.490 e. The van der Waals surface area contributed by atoms with Gasteiger partial charge in [0.25, 0.3) is 0 Å². The molecule has 0 aliphatic carbocycles. The summed E-state index contributed by atoms with van der Waals surface area (Å²) in [6.07, 6.45) is 1.36. The summed E-state index contributed by atoms with van der Waals surface area (Å²) in [5, 5.41) is 6.05. The average molecular weight is 308 g/mol. The fourth-order valence-electron chi connectivity index (χ4n) is 2.16. The number of rotatable bonds is 10. The van der Waals surface area contributed by atoms with Crippen molar-refractivity contribution in [2.45, 2.75) is 39.7 Å². The van der Waals surface area contributed by atoms with E-state index in [4.69, 9.17) is 9.47 Å². The Balaban J connectivity index is 2.69. The lowest BCUT2D eigenvalue weighted by molar-refractivity contribution is -0.121. The highest BCUT2D eigenvalue weighted by molar-refractivity contribution is 5.76. The van der Waals surface area contributed by atoms with Crippen LogP contribution in [-0.4, -0.2) is 32.7 Å². The summed E-state index contributed by atoms with van der Waals surface area (Å²) >= 11 is 0. The number of ether oxygens (including phenoxy) is 2. The Hall–Kier alpha value is -1.75. The SMILES string of the molecule is CCOc1ccc(C(C)NC(=O)CCCNC)cc1OCC. The predicted molar refractivity (Wildman–Crippen MR) is 88.5 cm³/mol. The molecule has 1 aromatic carbocycles. The smallest absolute Gasteiger partial charge is 0.220 e. The molecule has 22 heavy (non-hydrogen) atoms. The third-order valence-electron chi connectivity index (χ3n) is 3.28. The van der Waals surface area contributed by atoms with Gasteiger partial charge in [0, 0.05) is 6.42 Å². The van der Waals surface area contributed by atoms with Crippen molar-refractivity contribution >= 4 is 5.91 Å². The number of carbonyl (C=O) groups is 1. The maximum atomic E-state index is 11.9. The highest BCUT2D eigenvalue weighted by atomic mass is 16.5. The molecule has 0 saturated carbocycles. The first-order valence-electron chi connectivity index (χ1n) is 7.95. The van der Waals surface area contributed by atoms with Crippen molar-refractivity contribution in [3.05, 3.63) is 23.8 Å². The number of hydrogen-bond acceptors (Lipinski definition) is 4. The molecule has 0 spiro atoms. The van der Waals surface area contributed by atoms with Crippen LogP contribution in [0, 0.1) is 0 Å². The van der Waals surface area contributed by atoms with E-state index in [1.54, 1.807) is 0 Å². The molecule has 1 aromatic rings. The van der Waals surface area contributed by atoms with Crippen molar-refractivity contribution in [1.29, 1.82) is 0 Å². The van der Waals surface area contributed by atoms with Gasteiger partial charge in [-0.1, -0.05) is 6.07 Å². The van der Waals surface area contributed by atoms with Crippen molar-refractivity contribution in [3.63, 3.8) is 0 Å². The molecule has 0 fully saturated rings. The highest BCUT2D eigenvalue weighted by Crippen LogP contribution is 2.30. The van der Waals surface area contributed by atoms with Gasteiger partial charge in [-0.05, 0) is 58.5 Å². The molecule has 0 heterocycles. The maximum absolute atomic E-state index is 11.9. The zero-order valence-electron chi connectivity index (χ0n) is 14.1. The zero-order chi connectivity index (χ0) is 16.4. The monoisotopic (exact) mass is 308 g/mol. The average Bonchev–Trinajstić information content (AvgIpc) is 2.49. The van der Waals surface area contributed by atoms with Crippen molar-refractivity contribution in [2.75, 3.05) is 26.8 Å². The summed E-state index contributed by atoms with van der Waals surface area (Å²) in [7, 11) is 1.88. The van der Waals surface area contributed by atoms with E-state index in [-0.39, 0.29) is 11.9 Å². The van der Waals surface area contributed by atoms with E-state index < -0.39 is 0 Å². The molecule has 1 atom stereocenters. The summed E-state index contributed by atoms with van der Waals surface area (Å²) < 4.78 is 11.2. The van der Waals surface area contributed by atoms with Gasteiger partial charge in [-0.15, -0.1) is 0 Å². The molecule has 1 amide bonds. The second kappa shape index (κ2) is 10.1. The van der Waals surface area contributed by atoms with Gasteiger partial charge in [0.15, 0.2) is 11.5 Å². The third kappa shape index (κ3) is 5.93. The van der Waals surface area contributed by atoms with Crippen LogP contribution in [0.2, 0.25) is 0 Å². The number of benzene rings is 1. The first-order valence-corrected chi connectivity index (χ1v) is 7.95. The van der Waals surface area contributed by atoms with E-state index in [1.807, 2.05) is 46.0 Å². The Kier molecular flexibility index (Phi) is 8.36. The Labute approximate surface area is 133 Å². The van der Waals surface area contributed by atoms with Gasteiger partial charge in [-0.3, -0.25) is 4.79 Å². The van der Waals surface area contributed by atoms with E-state index in [0.29, 0.717) is 19.6 Å². The minimum atomic E-state index is -0.0584. The molecule has 5 heteroatoms. The normalized spacial score (nSPS) is 11.8. The lowest BCUT2D eigenvalue weighted by Gasteiger charge is -2.17. The van der Waals surface area contributed by atoms with Crippen LogP contribution < -0.4 is 20.1 Å². The summed E-state index contributed by atoms with van der Waals surface area (Å²) in [5.74, 6) is 1.52. The topological polar surface area (TPSA) is 59.6 Å². The molecule has 0 aliphatic heterocycles. The molecule has 0 aliphatic rings. The summed E-state index contributed by atoms with van der Waals surface area (Å²) in [6.45, 7) is 7.87. The maximum Gasteiger partial charge on any atom is 0.220 e. The quantitative estimate of drug-likeness (QED) is 0.652. The minimum Gasteiger partial charge on any atom is -0.490 e. The molecule has 0 bridgehead atoms. The molecule has 1 rings (SSSR count). The van der Waals surface area contributed by atoms with E-state index in [1.165, 1.54) is 0 Å². The van der Waals surface area contributed by atoms with Crippen LogP contribution in [0.15, 0.2) is 18.2 Å². The van der Waals surface area contributed by atoms with E-state index in [0.717, 1.165) is 30.0 Å². The van der Waals surface area contributed by atoms with Crippen LogP contribution in [0.3, 0.4) is 0 Å².